The first-order valence-corrected chi connectivity index (χ1v) is 7.52. The van der Waals surface area contributed by atoms with Gasteiger partial charge in [-0.3, -0.25) is 0 Å². The number of nitrogens with one attached hydrogen (secondary N) is 1. The van der Waals surface area contributed by atoms with E-state index in [1.807, 2.05) is 0 Å². The first-order chi connectivity index (χ1) is 8.99. The summed E-state index contributed by atoms with van der Waals surface area (Å²) in [6, 6.07) is 8.35. The van der Waals surface area contributed by atoms with Crippen molar-refractivity contribution < 1.29 is 0 Å². The SMILES string of the molecule is Cc1ccccc1Cc1nc(=S)c(Br)c(C(C)C)[nH]1. The van der Waals surface area contributed by atoms with Gasteiger partial charge >= 0.3 is 0 Å². The van der Waals surface area contributed by atoms with Crippen LogP contribution in [0.4, 0.5) is 0 Å². The van der Waals surface area contributed by atoms with Crippen molar-refractivity contribution in [2.24, 2.45) is 0 Å². The van der Waals surface area contributed by atoms with Gasteiger partial charge in [-0.05, 0) is 39.9 Å². The third-order valence-corrected chi connectivity index (χ3v) is 4.50. The van der Waals surface area contributed by atoms with E-state index >= 15 is 0 Å². The number of H-pyrrole nitrogens is 1. The van der Waals surface area contributed by atoms with Gasteiger partial charge in [0.05, 0.1) is 4.47 Å². The highest BCUT2D eigenvalue weighted by atomic mass is 79.9. The quantitative estimate of drug-likeness (QED) is 0.805. The Balaban J connectivity index is 2.42. The fraction of sp³-hybridized carbons (Fsp3) is 0.333. The molecule has 0 saturated carbocycles. The topological polar surface area (TPSA) is 28.7 Å². The monoisotopic (exact) mass is 336 g/mol. The van der Waals surface area contributed by atoms with E-state index in [1.165, 1.54) is 11.1 Å². The van der Waals surface area contributed by atoms with Crippen LogP contribution >= 0.6 is 28.1 Å². The second-order valence-corrected chi connectivity index (χ2v) is 6.15. The highest BCUT2D eigenvalue weighted by Crippen LogP contribution is 2.24. The maximum Gasteiger partial charge on any atom is 0.144 e. The molecule has 0 amide bonds. The van der Waals surface area contributed by atoms with Crippen LogP contribution in [0.25, 0.3) is 0 Å². The molecule has 100 valence electrons. The summed E-state index contributed by atoms with van der Waals surface area (Å²) < 4.78 is 1.54. The molecule has 0 unspecified atom stereocenters. The lowest BCUT2D eigenvalue weighted by Crippen LogP contribution is -2.04. The van der Waals surface area contributed by atoms with Crippen LogP contribution in [0.2, 0.25) is 0 Å². The number of aromatic amines is 1. The van der Waals surface area contributed by atoms with Crippen molar-refractivity contribution in [2.45, 2.75) is 33.1 Å². The van der Waals surface area contributed by atoms with Crippen LogP contribution in [0.3, 0.4) is 0 Å². The zero-order valence-electron chi connectivity index (χ0n) is 11.3. The molecular weight excluding hydrogens is 320 g/mol. The summed E-state index contributed by atoms with van der Waals surface area (Å²) >= 11 is 8.84. The smallest absolute Gasteiger partial charge is 0.144 e. The van der Waals surface area contributed by atoms with Crippen molar-refractivity contribution in [1.29, 1.82) is 0 Å². The second kappa shape index (κ2) is 5.97. The summed E-state index contributed by atoms with van der Waals surface area (Å²) in [5.41, 5.74) is 3.67. The summed E-state index contributed by atoms with van der Waals surface area (Å²) in [4.78, 5) is 7.87. The predicted molar refractivity (Wildman–Crippen MR) is 85.2 cm³/mol. The molecule has 0 bridgehead atoms. The predicted octanol–water partition coefficient (Wildman–Crippen LogP) is 4.92. The first kappa shape index (κ1) is 14.4. The molecule has 1 aromatic carbocycles. The summed E-state index contributed by atoms with van der Waals surface area (Å²) in [6.07, 6.45) is 0.781. The number of hydrogen-bond donors (Lipinski definition) is 1. The molecular formula is C15H17BrN2S. The van der Waals surface area contributed by atoms with E-state index in [0.717, 1.165) is 22.4 Å². The minimum Gasteiger partial charge on any atom is -0.346 e. The number of hydrogen-bond acceptors (Lipinski definition) is 2. The zero-order chi connectivity index (χ0) is 14.0. The number of rotatable bonds is 3. The highest BCUT2D eigenvalue weighted by Gasteiger charge is 2.10. The van der Waals surface area contributed by atoms with E-state index in [0.29, 0.717) is 10.6 Å². The van der Waals surface area contributed by atoms with Crippen LogP contribution in [0.5, 0.6) is 0 Å². The van der Waals surface area contributed by atoms with Gasteiger partial charge in [-0.15, -0.1) is 0 Å². The lowest BCUT2D eigenvalue weighted by molar-refractivity contribution is 0.780. The van der Waals surface area contributed by atoms with Crippen LogP contribution in [-0.2, 0) is 6.42 Å². The molecule has 2 aromatic rings. The van der Waals surface area contributed by atoms with Gasteiger partial charge in [0.2, 0.25) is 0 Å². The molecule has 0 aliphatic carbocycles. The van der Waals surface area contributed by atoms with Crippen molar-refractivity contribution in [2.75, 3.05) is 0 Å². The summed E-state index contributed by atoms with van der Waals surface area (Å²) in [5.74, 6) is 1.31. The lowest BCUT2D eigenvalue weighted by atomic mass is 10.1. The zero-order valence-corrected chi connectivity index (χ0v) is 13.7. The van der Waals surface area contributed by atoms with Gasteiger partial charge in [-0.1, -0.05) is 50.3 Å². The van der Waals surface area contributed by atoms with Gasteiger partial charge < -0.3 is 4.98 Å². The van der Waals surface area contributed by atoms with Crippen molar-refractivity contribution in [1.82, 2.24) is 9.97 Å². The van der Waals surface area contributed by atoms with Gasteiger partial charge in [0, 0.05) is 12.1 Å². The van der Waals surface area contributed by atoms with E-state index in [9.17, 15) is 0 Å². The average molecular weight is 337 g/mol. The van der Waals surface area contributed by atoms with Gasteiger partial charge in [-0.25, -0.2) is 4.98 Å². The fourth-order valence-corrected chi connectivity index (χ4v) is 2.86. The van der Waals surface area contributed by atoms with Gasteiger partial charge in [0.1, 0.15) is 10.5 Å². The van der Waals surface area contributed by atoms with E-state index in [4.69, 9.17) is 12.2 Å². The Hall–Kier alpha value is -1.00. The molecule has 19 heavy (non-hydrogen) atoms. The van der Waals surface area contributed by atoms with Crippen LogP contribution in [0, 0.1) is 11.6 Å². The molecule has 1 N–H and O–H groups in total. The van der Waals surface area contributed by atoms with Crippen LogP contribution < -0.4 is 0 Å². The Bertz CT molecular complexity index is 647. The molecule has 0 atom stereocenters. The normalized spacial score (nSPS) is 11.0. The summed E-state index contributed by atoms with van der Waals surface area (Å²) in [7, 11) is 0. The van der Waals surface area contributed by atoms with Gasteiger partial charge in [-0.2, -0.15) is 0 Å². The molecule has 2 nitrogen and oxygen atoms in total. The molecule has 0 spiro atoms. The molecule has 0 aliphatic heterocycles. The first-order valence-electron chi connectivity index (χ1n) is 6.32. The minimum atomic E-state index is 0.384. The Morgan fingerprint density at radius 2 is 2.00 bits per heavy atom. The van der Waals surface area contributed by atoms with Crippen molar-refractivity contribution in [3.05, 3.63) is 56.0 Å². The van der Waals surface area contributed by atoms with Crippen molar-refractivity contribution in [3.8, 4) is 0 Å². The second-order valence-electron chi connectivity index (χ2n) is 4.97. The molecule has 1 heterocycles. The van der Waals surface area contributed by atoms with Gasteiger partial charge in [0.15, 0.2) is 0 Å². The number of nitrogens with zero attached hydrogens (tertiary/aromatic N) is 1. The van der Waals surface area contributed by atoms with Crippen molar-refractivity contribution in [3.63, 3.8) is 0 Å². The lowest BCUT2D eigenvalue weighted by Gasteiger charge is -2.12. The molecule has 2 rings (SSSR count). The Morgan fingerprint density at radius 1 is 1.32 bits per heavy atom. The molecule has 0 fully saturated rings. The molecule has 0 radical (unpaired) electrons. The highest BCUT2D eigenvalue weighted by molar-refractivity contribution is 9.10. The Morgan fingerprint density at radius 3 is 2.63 bits per heavy atom. The number of aromatic nitrogens is 2. The molecule has 1 aromatic heterocycles. The van der Waals surface area contributed by atoms with Crippen LogP contribution in [-0.4, -0.2) is 9.97 Å². The average Bonchev–Trinajstić information content (AvgIpc) is 2.36. The van der Waals surface area contributed by atoms with Crippen LogP contribution in [0.15, 0.2) is 28.7 Å². The summed E-state index contributed by atoms with van der Waals surface area (Å²) in [6.45, 7) is 6.40. The molecule has 4 heteroatoms. The maximum atomic E-state index is 5.32. The third kappa shape index (κ3) is 3.31. The fourth-order valence-electron chi connectivity index (χ4n) is 2.00. The maximum absolute atomic E-state index is 5.32. The molecule has 0 aliphatic rings. The van der Waals surface area contributed by atoms with E-state index in [-0.39, 0.29) is 0 Å². The molecule has 0 saturated heterocycles. The summed E-state index contributed by atoms with van der Waals surface area (Å²) in [5, 5.41) is 0. The Kier molecular flexibility index (Phi) is 4.53. The largest absolute Gasteiger partial charge is 0.346 e. The minimum absolute atomic E-state index is 0.384. The Labute approximate surface area is 127 Å². The number of halogens is 1. The third-order valence-electron chi connectivity index (χ3n) is 3.14. The van der Waals surface area contributed by atoms with E-state index in [2.05, 4.69) is 70.9 Å². The van der Waals surface area contributed by atoms with Crippen LogP contribution in [0.1, 0.15) is 42.4 Å². The van der Waals surface area contributed by atoms with Gasteiger partial charge in [0.25, 0.3) is 0 Å². The number of benzene rings is 1. The number of aryl methyl sites for hydroxylation is 1. The van der Waals surface area contributed by atoms with Crippen molar-refractivity contribution >= 4 is 28.1 Å². The van der Waals surface area contributed by atoms with E-state index in [1.54, 1.807) is 0 Å². The van der Waals surface area contributed by atoms with E-state index < -0.39 is 0 Å². The standard InChI is InChI=1S/C15H17BrN2S/c1-9(2)14-13(16)15(19)18-12(17-14)8-11-7-5-4-6-10(11)3/h4-7,9H,8H2,1-3H3,(H,17,18,19).